The minimum atomic E-state index is -4.83. The molecule has 114 valence electrons. The van der Waals surface area contributed by atoms with Crippen LogP contribution >= 0.6 is 11.6 Å². The number of rotatable bonds is 6. The van der Waals surface area contributed by atoms with Crippen molar-refractivity contribution in [2.45, 2.75) is 13.3 Å². The van der Waals surface area contributed by atoms with E-state index in [2.05, 4.69) is 9.46 Å². The third-order valence-electron chi connectivity index (χ3n) is 2.11. The van der Waals surface area contributed by atoms with Gasteiger partial charge in [-0.25, -0.2) is 8.42 Å². The molecule has 0 spiro atoms. The standard InChI is InChI=1S/C11H13ClF3NO3S/c1-8(6-12)7-20(17,18)16-9-3-2-4-10(5-9)19-11(13,14)15/h2-5,8,16H,6-7H2,1H3. The van der Waals surface area contributed by atoms with Crippen molar-refractivity contribution in [1.82, 2.24) is 0 Å². The largest absolute Gasteiger partial charge is 0.573 e. The average Bonchev–Trinajstić information content (AvgIpc) is 2.25. The van der Waals surface area contributed by atoms with E-state index in [1.165, 1.54) is 12.1 Å². The highest BCUT2D eigenvalue weighted by atomic mass is 35.5. The average molecular weight is 332 g/mol. The van der Waals surface area contributed by atoms with Gasteiger partial charge in [0.1, 0.15) is 5.75 Å². The van der Waals surface area contributed by atoms with Gasteiger partial charge in [0.25, 0.3) is 0 Å². The zero-order valence-electron chi connectivity index (χ0n) is 10.4. The molecule has 1 N–H and O–H groups in total. The molecular weight excluding hydrogens is 319 g/mol. The number of hydrogen-bond donors (Lipinski definition) is 1. The van der Waals surface area contributed by atoms with Crippen LogP contribution in [-0.4, -0.2) is 26.4 Å². The van der Waals surface area contributed by atoms with Crippen molar-refractivity contribution in [2.24, 2.45) is 5.92 Å². The number of hydrogen-bond acceptors (Lipinski definition) is 3. The molecule has 0 saturated carbocycles. The first-order valence-electron chi connectivity index (χ1n) is 5.53. The highest BCUT2D eigenvalue weighted by Gasteiger charge is 2.31. The Kier molecular flexibility index (Phi) is 5.52. The summed E-state index contributed by atoms with van der Waals surface area (Å²) in [5, 5.41) is 0. The Bertz CT molecular complexity index is 548. The number of alkyl halides is 4. The fraction of sp³-hybridized carbons (Fsp3) is 0.455. The van der Waals surface area contributed by atoms with Gasteiger partial charge in [0, 0.05) is 11.9 Å². The minimum absolute atomic E-state index is 0.00600. The third kappa shape index (κ3) is 6.33. The maximum Gasteiger partial charge on any atom is 0.573 e. The van der Waals surface area contributed by atoms with Gasteiger partial charge < -0.3 is 4.74 Å². The van der Waals surface area contributed by atoms with Crippen LogP contribution in [0.4, 0.5) is 18.9 Å². The molecule has 0 heterocycles. The molecule has 4 nitrogen and oxygen atoms in total. The molecule has 20 heavy (non-hydrogen) atoms. The van der Waals surface area contributed by atoms with Gasteiger partial charge in [-0.05, 0) is 18.1 Å². The number of halogens is 4. The summed E-state index contributed by atoms with van der Waals surface area (Å²) in [5.41, 5.74) is -0.00600. The molecule has 0 aliphatic heterocycles. The maximum atomic E-state index is 12.1. The van der Waals surface area contributed by atoms with E-state index in [9.17, 15) is 21.6 Å². The van der Waals surface area contributed by atoms with Gasteiger partial charge >= 0.3 is 6.36 Å². The van der Waals surface area contributed by atoms with E-state index in [4.69, 9.17) is 11.6 Å². The predicted molar refractivity (Wildman–Crippen MR) is 70.4 cm³/mol. The van der Waals surface area contributed by atoms with Gasteiger partial charge in [-0.3, -0.25) is 4.72 Å². The third-order valence-corrected chi connectivity index (χ3v) is 4.19. The Morgan fingerprint density at radius 3 is 2.60 bits per heavy atom. The summed E-state index contributed by atoms with van der Waals surface area (Å²) in [6.45, 7) is 1.65. The summed E-state index contributed by atoms with van der Waals surface area (Å²) in [7, 11) is -3.68. The highest BCUT2D eigenvalue weighted by Crippen LogP contribution is 2.25. The Morgan fingerprint density at radius 2 is 2.05 bits per heavy atom. The van der Waals surface area contributed by atoms with Crippen molar-refractivity contribution < 1.29 is 26.3 Å². The van der Waals surface area contributed by atoms with Gasteiger partial charge in [-0.2, -0.15) is 0 Å². The Hall–Kier alpha value is -1.15. The van der Waals surface area contributed by atoms with Gasteiger partial charge in [0.2, 0.25) is 10.0 Å². The van der Waals surface area contributed by atoms with Crippen molar-refractivity contribution in [1.29, 1.82) is 0 Å². The molecule has 1 unspecified atom stereocenters. The van der Waals surface area contributed by atoms with Crippen LogP contribution < -0.4 is 9.46 Å². The first-order valence-corrected chi connectivity index (χ1v) is 7.72. The number of sulfonamides is 1. The van der Waals surface area contributed by atoms with Crippen LogP contribution in [0.2, 0.25) is 0 Å². The van der Waals surface area contributed by atoms with Crippen LogP contribution in [0.15, 0.2) is 24.3 Å². The van der Waals surface area contributed by atoms with E-state index in [0.29, 0.717) is 0 Å². The van der Waals surface area contributed by atoms with E-state index in [0.717, 1.165) is 12.1 Å². The molecular formula is C11H13ClF3NO3S. The smallest absolute Gasteiger partial charge is 0.406 e. The first kappa shape index (κ1) is 16.9. The molecule has 1 aromatic carbocycles. The lowest BCUT2D eigenvalue weighted by Gasteiger charge is -2.13. The fourth-order valence-electron chi connectivity index (χ4n) is 1.40. The molecule has 9 heteroatoms. The van der Waals surface area contributed by atoms with Crippen molar-refractivity contribution in [2.75, 3.05) is 16.4 Å². The maximum absolute atomic E-state index is 12.1. The number of anilines is 1. The second-order valence-corrected chi connectivity index (χ2v) is 6.29. The van der Waals surface area contributed by atoms with Gasteiger partial charge in [-0.15, -0.1) is 24.8 Å². The van der Waals surface area contributed by atoms with Crippen LogP contribution in [-0.2, 0) is 10.0 Å². The van der Waals surface area contributed by atoms with Gasteiger partial charge in [0.05, 0.1) is 11.4 Å². The molecule has 0 bridgehead atoms. The van der Waals surface area contributed by atoms with Crippen molar-refractivity contribution in [3.8, 4) is 5.75 Å². The van der Waals surface area contributed by atoms with Gasteiger partial charge in [-0.1, -0.05) is 13.0 Å². The summed E-state index contributed by atoms with van der Waals surface area (Å²) in [5.74, 6) is -0.828. The van der Waals surface area contributed by atoms with Gasteiger partial charge in [0.15, 0.2) is 0 Å². The molecule has 1 atom stereocenters. The van der Waals surface area contributed by atoms with Crippen molar-refractivity contribution in [3.63, 3.8) is 0 Å². The summed E-state index contributed by atoms with van der Waals surface area (Å²) < 4.78 is 65.5. The zero-order valence-corrected chi connectivity index (χ0v) is 12.0. The molecule has 0 radical (unpaired) electrons. The summed E-state index contributed by atoms with van der Waals surface area (Å²) in [4.78, 5) is 0. The summed E-state index contributed by atoms with van der Waals surface area (Å²) in [6, 6.07) is 4.61. The second kappa shape index (κ2) is 6.53. The Labute approximate surface area is 119 Å². The molecule has 1 rings (SSSR count). The quantitative estimate of drug-likeness (QED) is 0.814. The number of ether oxygens (including phenoxy) is 1. The van der Waals surface area contributed by atoms with Crippen LogP contribution in [0.25, 0.3) is 0 Å². The SMILES string of the molecule is CC(CCl)CS(=O)(=O)Nc1cccc(OC(F)(F)F)c1. The van der Waals surface area contributed by atoms with E-state index in [1.807, 2.05) is 0 Å². The lowest BCUT2D eigenvalue weighted by Crippen LogP contribution is -2.22. The lowest BCUT2D eigenvalue weighted by molar-refractivity contribution is -0.274. The zero-order chi connectivity index (χ0) is 15.4. The fourth-order valence-corrected chi connectivity index (χ4v) is 3.07. The highest BCUT2D eigenvalue weighted by molar-refractivity contribution is 7.92. The Morgan fingerprint density at radius 1 is 1.40 bits per heavy atom. The van der Waals surface area contributed by atoms with Crippen LogP contribution in [0.3, 0.4) is 0 Å². The molecule has 0 aliphatic rings. The Balaban J connectivity index is 2.80. The number of benzene rings is 1. The van der Waals surface area contributed by atoms with E-state index in [-0.39, 0.29) is 23.2 Å². The topological polar surface area (TPSA) is 55.4 Å². The van der Waals surface area contributed by atoms with Crippen molar-refractivity contribution in [3.05, 3.63) is 24.3 Å². The molecule has 0 amide bonds. The number of nitrogens with one attached hydrogen (secondary N) is 1. The molecule has 0 saturated heterocycles. The van der Waals surface area contributed by atoms with Crippen LogP contribution in [0.1, 0.15) is 6.92 Å². The molecule has 0 aromatic heterocycles. The molecule has 0 aliphatic carbocycles. The van der Waals surface area contributed by atoms with Crippen LogP contribution in [0, 0.1) is 5.92 Å². The van der Waals surface area contributed by atoms with Crippen LogP contribution in [0.5, 0.6) is 5.75 Å². The lowest BCUT2D eigenvalue weighted by atomic mass is 10.3. The second-order valence-electron chi connectivity index (χ2n) is 4.22. The van der Waals surface area contributed by atoms with Crippen molar-refractivity contribution >= 4 is 27.3 Å². The van der Waals surface area contributed by atoms with E-state index >= 15 is 0 Å². The summed E-state index contributed by atoms with van der Waals surface area (Å²) >= 11 is 5.52. The van der Waals surface area contributed by atoms with E-state index < -0.39 is 22.1 Å². The monoisotopic (exact) mass is 331 g/mol. The molecule has 1 aromatic rings. The molecule has 0 fully saturated rings. The first-order chi connectivity index (χ1) is 9.11. The summed E-state index contributed by atoms with van der Waals surface area (Å²) in [6.07, 6.45) is -4.83. The minimum Gasteiger partial charge on any atom is -0.406 e. The van der Waals surface area contributed by atoms with E-state index in [1.54, 1.807) is 6.92 Å². The predicted octanol–water partition coefficient (Wildman–Crippen LogP) is 3.20. The normalized spacial score (nSPS) is 13.8.